The van der Waals surface area contributed by atoms with E-state index in [2.05, 4.69) is 28.6 Å². The molecule has 0 aliphatic carbocycles. The van der Waals surface area contributed by atoms with Gasteiger partial charge in [0.2, 0.25) is 23.6 Å². The summed E-state index contributed by atoms with van der Waals surface area (Å²) in [5.41, 5.74) is 11.4. The van der Waals surface area contributed by atoms with Crippen molar-refractivity contribution >= 4 is 54.0 Å². The maximum atomic E-state index is 13.2. The molecule has 0 spiro atoms. The Morgan fingerprint density at radius 2 is 1.50 bits per heavy atom. The van der Waals surface area contributed by atoms with E-state index in [0.29, 0.717) is 11.3 Å². The van der Waals surface area contributed by atoms with Crippen LogP contribution >= 0.6 is 24.4 Å². The summed E-state index contributed by atoms with van der Waals surface area (Å²) in [6.45, 7) is 0. The lowest BCUT2D eigenvalue weighted by atomic mass is 10.0. The van der Waals surface area contributed by atoms with E-state index in [-0.39, 0.29) is 37.2 Å². The second kappa shape index (κ2) is 15.9. The molecule has 200 valence electrons. The lowest BCUT2D eigenvalue weighted by molar-refractivity contribution is -0.142. The van der Waals surface area contributed by atoms with Crippen LogP contribution in [-0.4, -0.2) is 81.7 Å². The predicted octanol–water partition coefficient (Wildman–Crippen LogP) is -1.25. The molecular formula is C22H33N5O7S2. The van der Waals surface area contributed by atoms with Crippen molar-refractivity contribution in [1.29, 1.82) is 0 Å². The van der Waals surface area contributed by atoms with E-state index in [4.69, 9.17) is 11.5 Å². The molecule has 0 aliphatic rings. The Labute approximate surface area is 218 Å². The van der Waals surface area contributed by atoms with Crippen LogP contribution in [0.15, 0.2) is 24.3 Å². The second-order valence-corrected chi connectivity index (χ2v) is 9.32. The highest BCUT2D eigenvalue weighted by Gasteiger charge is 2.30. The number of thiol groups is 1. The summed E-state index contributed by atoms with van der Waals surface area (Å²) >= 11 is 5.41. The molecule has 0 fully saturated rings. The van der Waals surface area contributed by atoms with Gasteiger partial charge in [-0.25, -0.2) is 4.79 Å². The molecule has 0 bridgehead atoms. The zero-order valence-electron chi connectivity index (χ0n) is 19.8. The maximum absolute atomic E-state index is 13.2. The number of carboxylic acid groups (broad SMARTS) is 1. The number of amides is 4. The van der Waals surface area contributed by atoms with E-state index in [1.54, 1.807) is 18.4 Å². The van der Waals surface area contributed by atoms with Crippen LogP contribution in [0.5, 0.6) is 5.75 Å². The van der Waals surface area contributed by atoms with E-state index in [9.17, 15) is 34.2 Å². The lowest BCUT2D eigenvalue weighted by Crippen LogP contribution is -2.58. The number of aliphatic carboxylic acids is 1. The number of carbonyl (C=O) groups excluding carboxylic acids is 4. The third-order valence-corrected chi connectivity index (χ3v) is 6.12. The number of benzene rings is 1. The molecule has 4 amide bonds. The number of primary amides is 1. The molecule has 0 saturated heterocycles. The minimum atomic E-state index is -1.38. The summed E-state index contributed by atoms with van der Waals surface area (Å²) in [7, 11) is 0. The van der Waals surface area contributed by atoms with Crippen LogP contribution in [-0.2, 0) is 30.4 Å². The number of hydrogen-bond acceptors (Lipinski definition) is 9. The van der Waals surface area contributed by atoms with E-state index >= 15 is 0 Å². The molecule has 12 nitrogen and oxygen atoms in total. The number of carboxylic acids is 1. The van der Waals surface area contributed by atoms with Crippen molar-refractivity contribution in [3.05, 3.63) is 29.8 Å². The van der Waals surface area contributed by atoms with Crippen LogP contribution in [0.2, 0.25) is 0 Å². The number of nitrogens with two attached hydrogens (primary N) is 2. The first-order valence-corrected chi connectivity index (χ1v) is 13.1. The van der Waals surface area contributed by atoms with Gasteiger partial charge in [0.1, 0.15) is 23.9 Å². The third kappa shape index (κ3) is 11.2. The Hall–Kier alpha value is -2.97. The number of phenols is 1. The first-order valence-electron chi connectivity index (χ1n) is 11.0. The Bertz CT molecular complexity index is 917. The van der Waals surface area contributed by atoms with Gasteiger partial charge in [-0.15, -0.1) is 0 Å². The number of nitrogens with one attached hydrogen (secondary N) is 3. The molecule has 1 rings (SSSR count). The van der Waals surface area contributed by atoms with E-state index in [1.807, 2.05) is 0 Å². The number of thioether (sulfide) groups is 1. The zero-order chi connectivity index (χ0) is 27.3. The summed E-state index contributed by atoms with van der Waals surface area (Å²) in [5, 5.41) is 26.4. The molecule has 4 atom stereocenters. The quantitative estimate of drug-likeness (QED) is 0.117. The number of carbonyl (C=O) groups is 5. The monoisotopic (exact) mass is 543 g/mol. The van der Waals surface area contributed by atoms with Gasteiger partial charge in [0.05, 0.1) is 6.04 Å². The van der Waals surface area contributed by atoms with Crippen molar-refractivity contribution in [2.24, 2.45) is 11.5 Å². The number of phenolic OH excluding ortho intramolecular Hbond substituents is 1. The Morgan fingerprint density at radius 1 is 0.944 bits per heavy atom. The summed E-state index contributed by atoms with van der Waals surface area (Å²) in [5.74, 6) is -3.58. The average Bonchev–Trinajstić information content (AvgIpc) is 2.83. The van der Waals surface area contributed by atoms with Crippen molar-refractivity contribution < 1.29 is 34.2 Å². The molecule has 36 heavy (non-hydrogen) atoms. The van der Waals surface area contributed by atoms with Crippen LogP contribution in [0, 0.1) is 0 Å². The fraction of sp³-hybridized carbons (Fsp3) is 0.500. The molecule has 9 N–H and O–H groups in total. The van der Waals surface area contributed by atoms with Gasteiger partial charge < -0.3 is 37.6 Å². The molecule has 4 unspecified atom stereocenters. The maximum Gasteiger partial charge on any atom is 0.326 e. The van der Waals surface area contributed by atoms with Gasteiger partial charge in [-0.3, -0.25) is 19.2 Å². The van der Waals surface area contributed by atoms with Crippen molar-refractivity contribution in [3.8, 4) is 5.75 Å². The molecule has 0 saturated carbocycles. The fourth-order valence-electron chi connectivity index (χ4n) is 3.03. The largest absolute Gasteiger partial charge is 0.508 e. The second-order valence-electron chi connectivity index (χ2n) is 7.97. The highest BCUT2D eigenvalue weighted by atomic mass is 32.2. The summed E-state index contributed by atoms with van der Waals surface area (Å²) in [6, 6.07) is 1.43. The van der Waals surface area contributed by atoms with E-state index in [0.717, 1.165) is 0 Å². The van der Waals surface area contributed by atoms with Gasteiger partial charge >= 0.3 is 5.97 Å². The van der Waals surface area contributed by atoms with Crippen molar-refractivity contribution in [3.63, 3.8) is 0 Å². The highest BCUT2D eigenvalue weighted by molar-refractivity contribution is 7.98. The zero-order valence-corrected chi connectivity index (χ0v) is 21.5. The third-order valence-electron chi connectivity index (χ3n) is 5.08. The molecule has 14 heteroatoms. The van der Waals surface area contributed by atoms with Crippen LogP contribution < -0.4 is 27.4 Å². The van der Waals surface area contributed by atoms with Crippen LogP contribution in [0.1, 0.15) is 24.8 Å². The summed E-state index contributed by atoms with van der Waals surface area (Å²) in [6.07, 6.45) is 1.56. The van der Waals surface area contributed by atoms with Crippen molar-refractivity contribution in [2.75, 3.05) is 17.8 Å². The molecule has 0 heterocycles. The van der Waals surface area contributed by atoms with Crippen LogP contribution in [0.25, 0.3) is 0 Å². The van der Waals surface area contributed by atoms with Crippen LogP contribution in [0.4, 0.5) is 0 Å². The minimum Gasteiger partial charge on any atom is -0.508 e. The van der Waals surface area contributed by atoms with E-state index in [1.165, 1.54) is 23.9 Å². The number of hydrogen-bond donors (Lipinski definition) is 8. The summed E-state index contributed by atoms with van der Waals surface area (Å²) in [4.78, 5) is 61.0. The molecular weight excluding hydrogens is 510 g/mol. The first-order chi connectivity index (χ1) is 17.0. The number of aromatic hydroxyl groups is 1. The van der Waals surface area contributed by atoms with Gasteiger partial charge in [-0.2, -0.15) is 24.4 Å². The van der Waals surface area contributed by atoms with Crippen LogP contribution in [0.3, 0.4) is 0 Å². The van der Waals surface area contributed by atoms with Gasteiger partial charge in [0.15, 0.2) is 0 Å². The highest BCUT2D eigenvalue weighted by Crippen LogP contribution is 2.12. The molecule has 1 aromatic rings. The van der Waals surface area contributed by atoms with Gasteiger partial charge in [-0.05, 0) is 42.5 Å². The normalized spacial score (nSPS) is 14.1. The van der Waals surface area contributed by atoms with Gasteiger partial charge in [-0.1, -0.05) is 12.1 Å². The number of rotatable bonds is 16. The Balaban J connectivity index is 3.07. The molecule has 1 aromatic carbocycles. The average molecular weight is 544 g/mol. The topological polar surface area (TPSA) is 214 Å². The van der Waals surface area contributed by atoms with Gasteiger partial charge in [0, 0.05) is 18.6 Å². The Kier molecular flexibility index (Phi) is 13.7. The van der Waals surface area contributed by atoms with Crippen molar-refractivity contribution in [1.82, 2.24) is 16.0 Å². The van der Waals surface area contributed by atoms with Gasteiger partial charge in [0.25, 0.3) is 0 Å². The molecule has 0 radical (unpaired) electrons. The minimum absolute atomic E-state index is 0.0269. The smallest absolute Gasteiger partial charge is 0.326 e. The molecule has 0 aliphatic heterocycles. The standard InChI is InChI=1S/C22H33N5O7S2/c1-36-9-8-15(20(31)26-16(22(33)34)6-7-18(24)29)25-21(32)17(27-19(30)14(23)11-35)10-12-2-4-13(28)5-3-12/h2-5,14-17,28,35H,6-11,23H2,1H3,(H2,24,29)(H,25,32)(H,26,31)(H,27,30)(H,33,34). The predicted molar refractivity (Wildman–Crippen MR) is 138 cm³/mol. The fourth-order valence-corrected chi connectivity index (χ4v) is 3.67. The molecule has 0 aromatic heterocycles. The van der Waals surface area contributed by atoms with Crippen molar-refractivity contribution in [2.45, 2.75) is 49.9 Å². The SMILES string of the molecule is CSCCC(NC(=O)C(Cc1ccc(O)cc1)NC(=O)C(N)CS)C(=O)NC(CCC(N)=O)C(=O)O. The Morgan fingerprint density at radius 3 is 2.03 bits per heavy atom. The summed E-state index contributed by atoms with van der Waals surface area (Å²) < 4.78 is 0. The first kappa shape index (κ1) is 31.1. The lowest BCUT2D eigenvalue weighted by Gasteiger charge is -2.25. The van der Waals surface area contributed by atoms with E-state index < -0.39 is 53.8 Å².